The number of hydrogen-bond acceptors (Lipinski definition) is 7. The van der Waals surface area contributed by atoms with E-state index in [-0.39, 0.29) is 36.5 Å². The van der Waals surface area contributed by atoms with Crippen molar-refractivity contribution in [3.8, 4) is 6.07 Å². The van der Waals surface area contributed by atoms with E-state index >= 15 is 0 Å². The van der Waals surface area contributed by atoms with Crippen molar-refractivity contribution in [2.75, 3.05) is 11.9 Å². The molecule has 2 aromatic carbocycles. The summed E-state index contributed by atoms with van der Waals surface area (Å²) >= 11 is 0. The summed E-state index contributed by atoms with van der Waals surface area (Å²) in [7, 11) is 0. The van der Waals surface area contributed by atoms with Crippen molar-refractivity contribution < 1.29 is 23.1 Å². The van der Waals surface area contributed by atoms with E-state index in [1.165, 1.54) is 16.7 Å². The number of aliphatic hydroxyl groups is 1. The van der Waals surface area contributed by atoms with Crippen LogP contribution in [0.4, 0.5) is 19.0 Å². The Morgan fingerprint density at radius 3 is 2.41 bits per heavy atom. The van der Waals surface area contributed by atoms with Gasteiger partial charge in [-0.15, -0.1) is 0 Å². The van der Waals surface area contributed by atoms with Gasteiger partial charge in [-0.3, -0.25) is 4.79 Å². The van der Waals surface area contributed by atoms with Gasteiger partial charge in [0.25, 0.3) is 5.91 Å². The second kappa shape index (κ2) is 11.5. The van der Waals surface area contributed by atoms with Crippen molar-refractivity contribution >= 4 is 22.9 Å². The molecule has 0 aliphatic heterocycles. The molecular weight excluding hydrogens is 535 g/mol. The number of alkyl halides is 3. The Hall–Kier alpha value is -4.50. The molecule has 0 bridgehead atoms. The van der Waals surface area contributed by atoms with Gasteiger partial charge in [-0.05, 0) is 48.9 Å². The molecule has 1 aliphatic rings. The summed E-state index contributed by atoms with van der Waals surface area (Å²) < 4.78 is 41.1. The summed E-state index contributed by atoms with van der Waals surface area (Å²) in [5.74, 6) is -0.126. The van der Waals surface area contributed by atoms with Crippen LogP contribution in [0, 0.1) is 17.2 Å². The zero-order valence-corrected chi connectivity index (χ0v) is 22.2. The SMILES string of the molecule is C[C@@H](Nc1nc(C#N)nc2nc(C(=O)N[C@@H](CO)c3ccccc3)n(Cc3ccc(C(F)(F)F)cc3)c12)C1CCC1. The van der Waals surface area contributed by atoms with E-state index < -0.39 is 23.7 Å². The summed E-state index contributed by atoms with van der Waals surface area (Å²) in [6, 6.07) is 14.7. The lowest BCUT2D eigenvalue weighted by Crippen LogP contribution is -2.33. The van der Waals surface area contributed by atoms with Crippen LogP contribution in [0.3, 0.4) is 0 Å². The quantitative estimate of drug-likeness (QED) is 0.266. The first-order valence-corrected chi connectivity index (χ1v) is 13.3. The number of aromatic nitrogens is 4. The fourth-order valence-electron chi connectivity index (χ4n) is 4.91. The summed E-state index contributed by atoms with van der Waals surface area (Å²) in [4.78, 5) is 26.7. The molecule has 0 unspecified atom stereocenters. The summed E-state index contributed by atoms with van der Waals surface area (Å²) in [6.45, 7) is 1.62. The van der Waals surface area contributed by atoms with Crippen molar-refractivity contribution in [2.45, 2.75) is 51.0 Å². The van der Waals surface area contributed by atoms with E-state index in [0.29, 0.717) is 28.4 Å². The average Bonchev–Trinajstić information content (AvgIpc) is 3.29. The Labute approximate surface area is 234 Å². The third-order valence-corrected chi connectivity index (χ3v) is 7.44. The predicted octanol–water partition coefficient (Wildman–Crippen LogP) is 4.83. The van der Waals surface area contributed by atoms with Gasteiger partial charge in [-0.1, -0.05) is 48.9 Å². The maximum atomic E-state index is 13.6. The van der Waals surface area contributed by atoms with Crippen molar-refractivity contribution in [3.63, 3.8) is 0 Å². The Kier molecular flexibility index (Phi) is 7.90. The van der Waals surface area contributed by atoms with Crippen molar-refractivity contribution in [1.29, 1.82) is 5.26 Å². The zero-order valence-electron chi connectivity index (χ0n) is 22.2. The van der Waals surface area contributed by atoms with Crippen LogP contribution < -0.4 is 10.6 Å². The standard InChI is InChI=1S/C29H28F3N7O2/c1-17(19-8-5-9-19)34-25-24-26(37-23(14-33)36-25)38-27(28(41)35-22(16-40)20-6-3-2-4-7-20)39(24)15-18-10-12-21(13-11-18)29(30,31)32/h2-4,6-7,10-13,17,19,22,40H,5,8-9,15-16H2,1H3,(H,35,41)(H,34,36,37)/t17-,22+/m1/s1. The number of halogens is 3. The van der Waals surface area contributed by atoms with E-state index in [1.54, 1.807) is 24.3 Å². The van der Waals surface area contributed by atoms with Gasteiger partial charge < -0.3 is 20.3 Å². The monoisotopic (exact) mass is 563 g/mol. The molecule has 41 heavy (non-hydrogen) atoms. The molecule has 212 valence electrons. The summed E-state index contributed by atoms with van der Waals surface area (Å²) in [5.41, 5.74) is 0.812. The number of aliphatic hydroxyl groups excluding tert-OH is 1. The lowest BCUT2D eigenvalue weighted by atomic mass is 9.80. The number of rotatable bonds is 9. The minimum atomic E-state index is -4.49. The maximum Gasteiger partial charge on any atom is 0.416 e. The van der Waals surface area contributed by atoms with Gasteiger partial charge in [0, 0.05) is 6.04 Å². The highest BCUT2D eigenvalue weighted by Crippen LogP contribution is 2.33. The Morgan fingerprint density at radius 1 is 1.12 bits per heavy atom. The molecular formula is C29H28F3N7O2. The van der Waals surface area contributed by atoms with E-state index in [9.17, 15) is 28.3 Å². The smallest absolute Gasteiger partial charge is 0.394 e. The summed E-state index contributed by atoms with van der Waals surface area (Å²) in [5, 5.41) is 25.7. The third-order valence-electron chi connectivity index (χ3n) is 7.44. The zero-order chi connectivity index (χ0) is 29.1. The Balaban J connectivity index is 1.59. The van der Waals surface area contributed by atoms with Crippen LogP contribution in [0.5, 0.6) is 0 Å². The molecule has 1 saturated carbocycles. The second-order valence-electron chi connectivity index (χ2n) is 10.1. The van der Waals surface area contributed by atoms with Gasteiger partial charge in [-0.2, -0.15) is 28.4 Å². The molecule has 3 N–H and O–H groups in total. The minimum absolute atomic E-state index is 0.0111. The van der Waals surface area contributed by atoms with E-state index in [0.717, 1.165) is 31.4 Å². The van der Waals surface area contributed by atoms with Gasteiger partial charge in [0.1, 0.15) is 11.6 Å². The number of anilines is 1. The number of carbonyl (C=O) groups excluding carboxylic acids is 1. The molecule has 2 heterocycles. The minimum Gasteiger partial charge on any atom is -0.394 e. The lowest BCUT2D eigenvalue weighted by Gasteiger charge is -2.32. The number of nitriles is 1. The topological polar surface area (TPSA) is 129 Å². The Bertz CT molecular complexity index is 1580. The molecule has 5 rings (SSSR count). The second-order valence-corrected chi connectivity index (χ2v) is 10.1. The molecule has 9 nitrogen and oxygen atoms in total. The van der Waals surface area contributed by atoms with Gasteiger partial charge >= 0.3 is 6.18 Å². The first kappa shape index (κ1) is 28.0. The van der Waals surface area contributed by atoms with Gasteiger partial charge in [0.15, 0.2) is 11.5 Å². The number of imidazole rings is 1. The van der Waals surface area contributed by atoms with Crippen molar-refractivity contribution in [3.05, 3.63) is 82.9 Å². The first-order valence-electron chi connectivity index (χ1n) is 13.3. The lowest BCUT2D eigenvalue weighted by molar-refractivity contribution is -0.137. The summed E-state index contributed by atoms with van der Waals surface area (Å²) in [6.07, 6.45) is -1.26. The molecule has 0 spiro atoms. The number of hydrogen-bond donors (Lipinski definition) is 3. The van der Waals surface area contributed by atoms with Crippen LogP contribution in [0.15, 0.2) is 54.6 Å². The number of carbonyl (C=O) groups is 1. The molecule has 12 heteroatoms. The fourth-order valence-corrected chi connectivity index (χ4v) is 4.91. The highest BCUT2D eigenvalue weighted by molar-refractivity contribution is 5.96. The molecule has 2 atom stereocenters. The maximum absolute atomic E-state index is 13.6. The molecule has 0 saturated heterocycles. The fraction of sp³-hybridized carbons (Fsp3) is 0.345. The molecule has 4 aromatic rings. The largest absolute Gasteiger partial charge is 0.416 e. The first-order chi connectivity index (χ1) is 19.7. The van der Waals surface area contributed by atoms with Crippen LogP contribution >= 0.6 is 0 Å². The number of amides is 1. The van der Waals surface area contributed by atoms with Crippen molar-refractivity contribution in [1.82, 2.24) is 24.8 Å². The van der Waals surface area contributed by atoms with Crippen LogP contribution in [0.25, 0.3) is 11.2 Å². The average molecular weight is 564 g/mol. The number of benzene rings is 2. The Morgan fingerprint density at radius 2 is 1.83 bits per heavy atom. The molecule has 0 radical (unpaired) electrons. The third kappa shape index (κ3) is 6.00. The highest BCUT2D eigenvalue weighted by atomic mass is 19.4. The normalized spacial score (nSPS) is 15.1. The van der Waals surface area contributed by atoms with Crippen LogP contribution in [0.2, 0.25) is 0 Å². The van der Waals surface area contributed by atoms with Gasteiger partial charge in [-0.25, -0.2) is 4.98 Å². The number of fused-ring (bicyclic) bond motifs is 1. The number of nitrogens with zero attached hydrogens (tertiary/aromatic N) is 5. The molecule has 1 fully saturated rings. The predicted molar refractivity (Wildman–Crippen MR) is 145 cm³/mol. The van der Waals surface area contributed by atoms with Crippen LogP contribution in [0.1, 0.15) is 65.4 Å². The van der Waals surface area contributed by atoms with Crippen molar-refractivity contribution in [2.24, 2.45) is 5.92 Å². The van der Waals surface area contributed by atoms with Crippen LogP contribution in [-0.4, -0.2) is 43.2 Å². The molecule has 1 aliphatic carbocycles. The van der Waals surface area contributed by atoms with E-state index in [2.05, 4.69) is 25.6 Å². The van der Waals surface area contributed by atoms with E-state index in [4.69, 9.17) is 0 Å². The highest BCUT2D eigenvalue weighted by Gasteiger charge is 2.31. The van der Waals surface area contributed by atoms with E-state index in [1.807, 2.05) is 19.1 Å². The number of nitrogens with one attached hydrogen (secondary N) is 2. The van der Waals surface area contributed by atoms with Gasteiger partial charge in [0.2, 0.25) is 11.6 Å². The molecule has 2 aromatic heterocycles. The molecule has 1 amide bonds. The van der Waals surface area contributed by atoms with Crippen LogP contribution in [-0.2, 0) is 12.7 Å². The van der Waals surface area contributed by atoms with Gasteiger partial charge in [0.05, 0.1) is 24.8 Å².